The Bertz CT molecular complexity index is 654. The van der Waals surface area contributed by atoms with Crippen LogP contribution < -0.4 is 10.6 Å². The molecule has 1 amide bonds. The van der Waals surface area contributed by atoms with Gasteiger partial charge in [0.15, 0.2) is 0 Å². The van der Waals surface area contributed by atoms with Crippen molar-refractivity contribution in [2.45, 2.75) is 17.7 Å². The summed E-state index contributed by atoms with van der Waals surface area (Å²) in [5, 5.41) is 10.8. The minimum Gasteiger partial charge on any atom is -0.361 e. The number of amides is 1. The van der Waals surface area contributed by atoms with Gasteiger partial charge < -0.3 is 15.2 Å². The number of rotatable bonds is 6. The average Bonchev–Trinajstić information content (AvgIpc) is 2.89. The number of aryl methyl sites for hydroxylation is 1. The molecule has 1 fully saturated rings. The van der Waals surface area contributed by atoms with Crippen LogP contribution in [0.1, 0.15) is 21.8 Å². The molecular formula is C15H18N4O2S. The molecule has 0 unspecified atom stereocenters. The highest BCUT2D eigenvalue weighted by atomic mass is 32.2. The standard InChI is InChI=1S/C15H18N4O2S/c1-10-5-12(19-21-10)9-22-15-13(3-2-4-17-15)14(20)18-8-11-6-16-7-11/h2-5,11,16H,6-9H2,1H3,(H,18,20). The lowest BCUT2D eigenvalue weighted by Gasteiger charge is -2.27. The second-order valence-electron chi connectivity index (χ2n) is 5.31. The molecule has 1 saturated heterocycles. The Kier molecular flexibility index (Phi) is 4.74. The van der Waals surface area contributed by atoms with Crippen molar-refractivity contribution in [2.75, 3.05) is 19.6 Å². The van der Waals surface area contributed by atoms with Gasteiger partial charge in [-0.05, 0) is 19.1 Å². The second kappa shape index (κ2) is 6.93. The molecule has 1 aliphatic rings. The van der Waals surface area contributed by atoms with E-state index < -0.39 is 0 Å². The normalized spacial score (nSPS) is 14.6. The molecular weight excluding hydrogens is 300 g/mol. The zero-order chi connectivity index (χ0) is 15.4. The van der Waals surface area contributed by atoms with Crippen LogP contribution >= 0.6 is 11.8 Å². The predicted molar refractivity (Wildman–Crippen MR) is 83.7 cm³/mol. The number of nitrogens with zero attached hydrogens (tertiary/aromatic N) is 2. The van der Waals surface area contributed by atoms with Crippen molar-refractivity contribution in [2.24, 2.45) is 5.92 Å². The highest BCUT2D eigenvalue weighted by Crippen LogP contribution is 2.24. The maximum absolute atomic E-state index is 12.3. The van der Waals surface area contributed by atoms with Crippen molar-refractivity contribution in [3.8, 4) is 0 Å². The fourth-order valence-corrected chi connectivity index (χ4v) is 3.00. The van der Waals surface area contributed by atoms with Gasteiger partial charge in [0, 0.05) is 43.6 Å². The molecule has 0 spiro atoms. The molecule has 3 rings (SSSR count). The van der Waals surface area contributed by atoms with E-state index in [-0.39, 0.29) is 5.91 Å². The summed E-state index contributed by atoms with van der Waals surface area (Å²) >= 11 is 1.49. The number of nitrogens with one attached hydrogen (secondary N) is 2. The average molecular weight is 318 g/mol. The van der Waals surface area contributed by atoms with Crippen molar-refractivity contribution in [1.82, 2.24) is 20.8 Å². The SMILES string of the molecule is Cc1cc(CSc2ncccc2C(=O)NCC2CNC2)no1. The monoisotopic (exact) mass is 318 g/mol. The molecule has 2 N–H and O–H groups in total. The summed E-state index contributed by atoms with van der Waals surface area (Å²) in [5.41, 5.74) is 1.46. The lowest BCUT2D eigenvalue weighted by molar-refractivity contribution is 0.0938. The van der Waals surface area contributed by atoms with Crippen LogP contribution in [0.25, 0.3) is 0 Å². The van der Waals surface area contributed by atoms with Gasteiger partial charge in [-0.3, -0.25) is 4.79 Å². The van der Waals surface area contributed by atoms with Crippen LogP contribution in [0.2, 0.25) is 0 Å². The third-order valence-electron chi connectivity index (χ3n) is 3.47. The van der Waals surface area contributed by atoms with E-state index in [9.17, 15) is 4.79 Å². The summed E-state index contributed by atoms with van der Waals surface area (Å²) in [7, 11) is 0. The van der Waals surface area contributed by atoms with Crippen LogP contribution in [-0.2, 0) is 5.75 Å². The van der Waals surface area contributed by atoms with E-state index in [0.29, 0.717) is 28.8 Å². The number of pyridine rings is 1. The summed E-state index contributed by atoms with van der Waals surface area (Å²) in [6, 6.07) is 5.47. The Morgan fingerprint density at radius 1 is 1.55 bits per heavy atom. The third-order valence-corrected chi connectivity index (χ3v) is 4.51. The predicted octanol–water partition coefficient (Wildman–Crippen LogP) is 1.62. The Hall–Kier alpha value is -1.86. The lowest BCUT2D eigenvalue weighted by atomic mass is 10.0. The molecule has 0 radical (unpaired) electrons. The summed E-state index contributed by atoms with van der Waals surface area (Å²) in [4.78, 5) is 16.6. The van der Waals surface area contributed by atoms with Crippen molar-refractivity contribution < 1.29 is 9.32 Å². The number of hydrogen-bond donors (Lipinski definition) is 2. The third kappa shape index (κ3) is 3.66. The Labute approximate surface area is 133 Å². The molecule has 6 nitrogen and oxygen atoms in total. The van der Waals surface area contributed by atoms with Gasteiger partial charge in [-0.1, -0.05) is 16.9 Å². The Morgan fingerprint density at radius 3 is 3.09 bits per heavy atom. The minimum absolute atomic E-state index is 0.0705. The molecule has 22 heavy (non-hydrogen) atoms. The van der Waals surface area contributed by atoms with Gasteiger partial charge in [0.1, 0.15) is 10.8 Å². The number of hydrogen-bond acceptors (Lipinski definition) is 6. The maximum atomic E-state index is 12.3. The quantitative estimate of drug-likeness (QED) is 0.788. The second-order valence-corrected chi connectivity index (χ2v) is 6.27. The van der Waals surface area contributed by atoms with Crippen molar-refractivity contribution in [3.63, 3.8) is 0 Å². The summed E-state index contributed by atoms with van der Waals surface area (Å²) in [6.45, 7) is 4.50. The van der Waals surface area contributed by atoms with E-state index in [2.05, 4.69) is 20.8 Å². The fraction of sp³-hybridized carbons (Fsp3) is 0.400. The summed E-state index contributed by atoms with van der Waals surface area (Å²) < 4.78 is 5.05. The minimum atomic E-state index is -0.0705. The molecule has 2 aromatic heterocycles. The van der Waals surface area contributed by atoms with Crippen LogP contribution in [-0.4, -0.2) is 35.7 Å². The number of thioether (sulfide) groups is 1. The molecule has 0 bridgehead atoms. The van der Waals surface area contributed by atoms with E-state index >= 15 is 0 Å². The van der Waals surface area contributed by atoms with Gasteiger partial charge in [0.25, 0.3) is 5.91 Å². The van der Waals surface area contributed by atoms with Crippen LogP contribution in [0.15, 0.2) is 33.9 Å². The van der Waals surface area contributed by atoms with Gasteiger partial charge in [0.05, 0.1) is 11.3 Å². The molecule has 0 saturated carbocycles. The molecule has 7 heteroatoms. The Balaban J connectivity index is 1.62. The van der Waals surface area contributed by atoms with E-state index in [0.717, 1.165) is 24.5 Å². The Morgan fingerprint density at radius 2 is 2.41 bits per heavy atom. The molecule has 0 aromatic carbocycles. The first-order valence-corrected chi connectivity index (χ1v) is 8.20. The first-order valence-electron chi connectivity index (χ1n) is 7.21. The van der Waals surface area contributed by atoms with Gasteiger partial charge in [-0.2, -0.15) is 0 Å². The van der Waals surface area contributed by atoms with E-state index in [1.54, 1.807) is 18.3 Å². The van der Waals surface area contributed by atoms with Gasteiger partial charge in [-0.15, -0.1) is 0 Å². The molecule has 116 valence electrons. The van der Waals surface area contributed by atoms with Crippen LogP contribution in [0.4, 0.5) is 0 Å². The fourth-order valence-electron chi connectivity index (χ4n) is 2.13. The van der Waals surface area contributed by atoms with Gasteiger partial charge >= 0.3 is 0 Å². The molecule has 0 atom stereocenters. The molecule has 0 aliphatic carbocycles. The topological polar surface area (TPSA) is 80.0 Å². The van der Waals surface area contributed by atoms with Crippen molar-refractivity contribution in [3.05, 3.63) is 41.4 Å². The van der Waals surface area contributed by atoms with Gasteiger partial charge in [-0.25, -0.2) is 4.98 Å². The first-order chi connectivity index (χ1) is 10.7. The zero-order valence-corrected chi connectivity index (χ0v) is 13.2. The van der Waals surface area contributed by atoms with E-state index in [1.165, 1.54) is 11.8 Å². The first kappa shape index (κ1) is 15.1. The molecule has 2 aromatic rings. The largest absolute Gasteiger partial charge is 0.361 e. The highest BCUT2D eigenvalue weighted by Gasteiger charge is 2.19. The maximum Gasteiger partial charge on any atom is 0.254 e. The number of carbonyl (C=O) groups is 1. The highest BCUT2D eigenvalue weighted by molar-refractivity contribution is 7.98. The van der Waals surface area contributed by atoms with Crippen molar-refractivity contribution >= 4 is 17.7 Å². The van der Waals surface area contributed by atoms with Crippen LogP contribution in [0.5, 0.6) is 0 Å². The van der Waals surface area contributed by atoms with Crippen molar-refractivity contribution in [1.29, 1.82) is 0 Å². The summed E-state index contributed by atoms with van der Waals surface area (Å²) in [5.74, 6) is 1.87. The number of aromatic nitrogens is 2. The van der Waals surface area contributed by atoms with Crippen LogP contribution in [0.3, 0.4) is 0 Å². The molecule has 1 aliphatic heterocycles. The zero-order valence-electron chi connectivity index (χ0n) is 12.3. The molecule has 3 heterocycles. The lowest BCUT2D eigenvalue weighted by Crippen LogP contribution is -2.48. The van der Waals surface area contributed by atoms with Crippen LogP contribution in [0, 0.1) is 12.8 Å². The number of carbonyl (C=O) groups excluding carboxylic acids is 1. The van der Waals surface area contributed by atoms with E-state index in [4.69, 9.17) is 4.52 Å². The summed E-state index contributed by atoms with van der Waals surface area (Å²) in [6.07, 6.45) is 1.70. The smallest absolute Gasteiger partial charge is 0.254 e. The van der Waals surface area contributed by atoms with E-state index in [1.807, 2.05) is 13.0 Å². The van der Waals surface area contributed by atoms with Gasteiger partial charge in [0.2, 0.25) is 0 Å².